The fraction of sp³-hybridized carbons (Fsp3) is 1.00. The van der Waals surface area contributed by atoms with Gasteiger partial charge in [0.15, 0.2) is 0 Å². The van der Waals surface area contributed by atoms with E-state index in [1.54, 1.807) is 0 Å². The van der Waals surface area contributed by atoms with Gasteiger partial charge in [-0.3, -0.25) is 9.80 Å². The molecule has 14 nitrogen and oxygen atoms in total. The third kappa shape index (κ3) is 20.2. The van der Waals surface area contributed by atoms with Gasteiger partial charge in [-0.25, -0.2) is 0 Å². The molecule has 0 rings (SSSR count). The Bertz CT molecular complexity index is 492. The van der Waals surface area contributed by atoms with Crippen LogP contribution in [0.1, 0.15) is 0 Å². The predicted molar refractivity (Wildman–Crippen MR) is 63.3 cm³/mol. The van der Waals surface area contributed by atoms with Crippen LogP contribution in [0.4, 0.5) is 0 Å². The Balaban J connectivity index is 0. The molecule has 0 aliphatic carbocycles. The van der Waals surface area contributed by atoms with Crippen molar-refractivity contribution in [2.45, 2.75) is 0 Å². The third-order valence-corrected chi connectivity index (χ3v) is 5.21. The molecule has 0 atom stereocenters. The molecule has 0 aliphatic heterocycles. The van der Waals surface area contributed by atoms with Crippen LogP contribution in [-0.2, 0) is 51.0 Å². The van der Waals surface area contributed by atoms with E-state index < -0.39 is 68.6 Å². The van der Waals surface area contributed by atoms with Crippen molar-refractivity contribution in [3.63, 3.8) is 0 Å². The van der Waals surface area contributed by atoms with Crippen LogP contribution in [0.3, 0.4) is 0 Å². The fourth-order valence-corrected chi connectivity index (χ4v) is 4.88. The normalized spacial score (nSPS) is 14.0. The molecule has 0 bridgehead atoms. The van der Waals surface area contributed by atoms with Gasteiger partial charge in [0.25, 0.3) is 0 Å². The van der Waals surface area contributed by atoms with Crippen LogP contribution < -0.4 is 39.1 Å². The Morgan fingerprint density at radius 2 is 0.640 bits per heavy atom. The van der Waals surface area contributed by atoms with Crippen LogP contribution in [0.5, 0.6) is 0 Å². The van der Waals surface area contributed by atoms with Gasteiger partial charge in [-0.2, -0.15) is 0 Å². The summed E-state index contributed by atoms with van der Waals surface area (Å²) in [4.78, 5) is 85.9. The van der Waals surface area contributed by atoms with E-state index in [1.165, 1.54) is 0 Å². The molecular formula is C6H12N2O12P4Y-5. The molecule has 146 valence electrons. The van der Waals surface area contributed by atoms with E-state index in [4.69, 9.17) is 0 Å². The number of nitrogens with zero attached hydrogens (tertiary/aromatic N) is 2. The molecule has 0 spiro atoms. The smallest absolute Gasteiger partial charge is 0.810 e. The second-order valence-corrected chi connectivity index (χ2v) is 10.8. The van der Waals surface area contributed by atoms with Crippen molar-refractivity contribution in [3.05, 3.63) is 0 Å². The molecule has 25 heavy (non-hydrogen) atoms. The SMILES string of the molecule is O=P([O-])([O-])CN(CCN(CP(=O)([O-])[O-])CP(=O)([O-])[O-])CP(=O)([O-])[O-].[Y+3]. The summed E-state index contributed by atoms with van der Waals surface area (Å²) in [5, 5.41) is 0. The monoisotopic (exact) mass is 517 g/mol. The van der Waals surface area contributed by atoms with Gasteiger partial charge >= 0.3 is 32.7 Å². The van der Waals surface area contributed by atoms with Gasteiger partial charge < -0.3 is 57.4 Å². The molecule has 0 saturated heterocycles. The summed E-state index contributed by atoms with van der Waals surface area (Å²) in [5.41, 5.74) is 0. The van der Waals surface area contributed by atoms with Crippen molar-refractivity contribution in [3.8, 4) is 0 Å². The topological polar surface area (TPSA) is 259 Å². The molecule has 0 heterocycles. The van der Waals surface area contributed by atoms with E-state index in [0.717, 1.165) is 0 Å². The number of hydrogen-bond donors (Lipinski definition) is 0. The summed E-state index contributed by atoms with van der Waals surface area (Å²) >= 11 is 0. The van der Waals surface area contributed by atoms with Crippen molar-refractivity contribution in [2.75, 3.05) is 38.2 Å². The molecule has 0 aromatic carbocycles. The standard InChI is InChI=1S/C6H20N2O12P4.Y/c9-21(10,11)3-7(4-22(12,13)14)1-2-8(5-23(15,16)17)6-24(18,19)20;/h1-6H2,(H2,9,10,11)(H2,12,13,14)(H2,15,16,17)(H2,18,19,20);/q;+3/p-8. The van der Waals surface area contributed by atoms with Gasteiger partial charge in [0.05, 0.1) is 0 Å². The quantitative estimate of drug-likeness (QED) is 0.231. The maximum atomic E-state index is 10.7. The van der Waals surface area contributed by atoms with Crippen molar-refractivity contribution < 1.29 is 90.1 Å². The molecule has 0 aliphatic rings. The summed E-state index contributed by atoms with van der Waals surface area (Å²) < 4.78 is 42.7. The maximum absolute atomic E-state index is 10.7. The van der Waals surface area contributed by atoms with Gasteiger partial charge in [0, 0.05) is 38.2 Å². The second-order valence-electron chi connectivity index (χ2n) is 4.80. The Morgan fingerprint density at radius 1 is 0.480 bits per heavy atom. The molecule has 0 N–H and O–H groups in total. The van der Waals surface area contributed by atoms with E-state index in [-0.39, 0.29) is 32.7 Å². The first-order valence-corrected chi connectivity index (χ1v) is 12.8. The van der Waals surface area contributed by atoms with Crippen LogP contribution in [-0.4, -0.2) is 48.0 Å². The number of rotatable bonds is 11. The maximum Gasteiger partial charge on any atom is 3.00 e. The average Bonchev–Trinajstić information content (AvgIpc) is 2.16. The molecule has 0 unspecified atom stereocenters. The average molecular weight is 517 g/mol. The first-order chi connectivity index (χ1) is 10.4. The van der Waals surface area contributed by atoms with Crippen molar-refractivity contribution in [1.29, 1.82) is 0 Å². The van der Waals surface area contributed by atoms with E-state index in [2.05, 4.69) is 0 Å². The van der Waals surface area contributed by atoms with Gasteiger partial charge in [-0.1, -0.05) is 30.4 Å². The molecule has 19 heteroatoms. The van der Waals surface area contributed by atoms with Gasteiger partial charge in [0.2, 0.25) is 0 Å². The summed E-state index contributed by atoms with van der Waals surface area (Å²) in [7, 11) is -21.2. The molecule has 0 saturated carbocycles. The fourth-order valence-electron chi connectivity index (χ4n) is 1.63. The van der Waals surface area contributed by atoms with Crippen molar-refractivity contribution >= 4 is 30.4 Å². The Kier molecular flexibility index (Phi) is 12.7. The van der Waals surface area contributed by atoms with E-state index in [1.807, 2.05) is 0 Å². The van der Waals surface area contributed by atoms with E-state index in [0.29, 0.717) is 9.80 Å². The minimum Gasteiger partial charge on any atom is -0.810 e. The zero-order chi connectivity index (χ0) is 19.4. The number of hydrogen-bond acceptors (Lipinski definition) is 14. The summed E-state index contributed by atoms with van der Waals surface area (Å²) in [5.74, 6) is 0. The Labute approximate surface area is 168 Å². The van der Waals surface area contributed by atoms with E-state index in [9.17, 15) is 57.4 Å². The second kappa shape index (κ2) is 11.0. The molecule has 0 aromatic rings. The summed E-state index contributed by atoms with van der Waals surface area (Å²) in [6, 6.07) is 0. The van der Waals surface area contributed by atoms with Gasteiger partial charge in [-0.15, -0.1) is 0 Å². The van der Waals surface area contributed by atoms with Crippen LogP contribution in [0.2, 0.25) is 0 Å². The van der Waals surface area contributed by atoms with Crippen LogP contribution in [0.25, 0.3) is 0 Å². The third-order valence-electron chi connectivity index (χ3n) is 2.23. The first-order valence-electron chi connectivity index (χ1n) is 5.85. The van der Waals surface area contributed by atoms with Gasteiger partial charge in [-0.05, 0) is 0 Å². The molecule has 0 amide bonds. The molecule has 0 aromatic heterocycles. The minimum atomic E-state index is -5.30. The largest absolute Gasteiger partial charge is 3.00 e. The zero-order valence-electron chi connectivity index (χ0n) is 12.4. The Morgan fingerprint density at radius 3 is 0.760 bits per heavy atom. The van der Waals surface area contributed by atoms with Gasteiger partial charge in [0.1, 0.15) is 0 Å². The van der Waals surface area contributed by atoms with Crippen LogP contribution in [0.15, 0.2) is 0 Å². The first kappa shape index (κ1) is 28.8. The summed E-state index contributed by atoms with van der Waals surface area (Å²) in [6.45, 7) is -1.55. The van der Waals surface area contributed by atoms with E-state index >= 15 is 0 Å². The predicted octanol–water partition coefficient (Wildman–Crippen LogP) is -6.93. The minimum absolute atomic E-state index is 0. The molecular weight excluding hydrogens is 505 g/mol. The molecule has 0 radical (unpaired) electrons. The Hall–Kier alpha value is 1.62. The molecule has 0 fully saturated rings. The zero-order valence-corrected chi connectivity index (χ0v) is 18.8. The van der Waals surface area contributed by atoms with Crippen molar-refractivity contribution in [2.24, 2.45) is 0 Å². The summed E-state index contributed by atoms with van der Waals surface area (Å²) in [6.07, 6.45) is -5.63. The van der Waals surface area contributed by atoms with Crippen LogP contribution in [0, 0.1) is 0 Å². The van der Waals surface area contributed by atoms with Crippen LogP contribution >= 0.6 is 30.4 Å². The van der Waals surface area contributed by atoms with Crippen molar-refractivity contribution in [1.82, 2.24) is 9.80 Å².